The summed E-state index contributed by atoms with van der Waals surface area (Å²) in [6, 6.07) is 29.5. The fraction of sp³-hybridized carbons (Fsp3) is 0.0800. The van der Waals surface area contributed by atoms with Gasteiger partial charge in [-0.05, 0) is 52.9 Å². The van der Waals surface area contributed by atoms with E-state index in [9.17, 15) is 5.26 Å². The molecule has 0 aromatic heterocycles. The predicted molar refractivity (Wildman–Crippen MR) is 109 cm³/mol. The quantitative estimate of drug-likeness (QED) is 0.402. The average Bonchev–Trinajstić information content (AvgIpc) is 2.69. The second-order valence-electron chi connectivity index (χ2n) is 6.68. The maximum absolute atomic E-state index is 10.1. The Morgan fingerprint density at radius 3 is 1.88 bits per heavy atom. The lowest BCUT2D eigenvalue weighted by Gasteiger charge is -2.16. The van der Waals surface area contributed by atoms with Crippen LogP contribution in [-0.2, 0) is 0 Å². The highest BCUT2D eigenvalue weighted by Crippen LogP contribution is 2.39. The summed E-state index contributed by atoms with van der Waals surface area (Å²) >= 11 is 0. The van der Waals surface area contributed by atoms with Crippen molar-refractivity contribution in [1.29, 1.82) is 5.26 Å². The number of aryl methyl sites for hydroxylation is 2. The van der Waals surface area contributed by atoms with E-state index in [1.807, 2.05) is 36.4 Å². The van der Waals surface area contributed by atoms with E-state index in [0.717, 1.165) is 33.2 Å². The zero-order chi connectivity index (χ0) is 18.1. The number of hydrogen-bond donors (Lipinski definition) is 0. The zero-order valence-corrected chi connectivity index (χ0v) is 15.0. The Morgan fingerprint density at radius 1 is 0.692 bits per heavy atom. The lowest BCUT2D eigenvalue weighted by atomic mass is 9.86. The molecule has 0 atom stereocenters. The fourth-order valence-electron chi connectivity index (χ4n) is 3.54. The molecule has 0 amide bonds. The van der Waals surface area contributed by atoms with Crippen LogP contribution in [0.15, 0.2) is 78.9 Å². The first kappa shape index (κ1) is 16.1. The van der Waals surface area contributed by atoms with Crippen molar-refractivity contribution in [2.45, 2.75) is 13.8 Å². The van der Waals surface area contributed by atoms with E-state index in [0.29, 0.717) is 0 Å². The van der Waals surface area contributed by atoms with Crippen LogP contribution in [0.1, 0.15) is 16.7 Å². The summed E-state index contributed by atoms with van der Waals surface area (Å²) in [5, 5.41) is 12.4. The van der Waals surface area contributed by atoms with Crippen LogP contribution in [0.2, 0.25) is 0 Å². The highest BCUT2D eigenvalue weighted by Gasteiger charge is 2.16. The lowest BCUT2D eigenvalue weighted by Crippen LogP contribution is -1.94. The molecule has 0 heterocycles. The van der Waals surface area contributed by atoms with Crippen LogP contribution in [0.3, 0.4) is 0 Å². The van der Waals surface area contributed by atoms with Crippen LogP contribution in [0, 0.1) is 25.2 Å². The van der Waals surface area contributed by atoms with Gasteiger partial charge in [0.1, 0.15) is 6.07 Å². The van der Waals surface area contributed by atoms with E-state index in [1.54, 1.807) is 0 Å². The summed E-state index contributed by atoms with van der Waals surface area (Å²) in [4.78, 5) is 0. The molecule has 0 bridgehead atoms. The van der Waals surface area contributed by atoms with Gasteiger partial charge in [-0.25, -0.2) is 0 Å². The van der Waals surface area contributed by atoms with Crippen molar-refractivity contribution in [3.63, 3.8) is 0 Å². The minimum atomic E-state index is 0.734. The number of hydrogen-bond acceptors (Lipinski definition) is 1. The smallest absolute Gasteiger partial charge is 0.100 e. The molecule has 0 unspecified atom stereocenters. The normalized spacial score (nSPS) is 10.7. The van der Waals surface area contributed by atoms with Crippen molar-refractivity contribution >= 4 is 10.8 Å². The molecule has 26 heavy (non-hydrogen) atoms. The van der Waals surface area contributed by atoms with Crippen LogP contribution in [0.25, 0.3) is 33.0 Å². The topological polar surface area (TPSA) is 23.8 Å². The van der Waals surface area contributed by atoms with Crippen molar-refractivity contribution in [3.8, 4) is 28.3 Å². The van der Waals surface area contributed by atoms with E-state index in [4.69, 9.17) is 0 Å². The highest BCUT2D eigenvalue weighted by atomic mass is 14.3. The lowest BCUT2D eigenvalue weighted by molar-refractivity contribution is 1.36. The monoisotopic (exact) mass is 333 g/mol. The molecule has 1 heteroatoms. The summed E-state index contributed by atoms with van der Waals surface area (Å²) in [5.41, 5.74) is 7.40. The number of rotatable bonds is 2. The van der Waals surface area contributed by atoms with Gasteiger partial charge in [-0.1, -0.05) is 72.8 Å². The molecule has 124 valence electrons. The molecule has 0 spiro atoms. The molecule has 0 saturated heterocycles. The average molecular weight is 333 g/mol. The van der Waals surface area contributed by atoms with Gasteiger partial charge < -0.3 is 0 Å². The fourth-order valence-corrected chi connectivity index (χ4v) is 3.54. The number of nitriles is 1. The first-order chi connectivity index (χ1) is 12.7. The second-order valence-corrected chi connectivity index (χ2v) is 6.68. The van der Waals surface area contributed by atoms with Gasteiger partial charge in [-0.15, -0.1) is 0 Å². The molecule has 0 N–H and O–H groups in total. The Hall–Kier alpha value is -3.37. The van der Waals surface area contributed by atoms with Crippen LogP contribution >= 0.6 is 0 Å². The van der Waals surface area contributed by atoms with Crippen molar-refractivity contribution in [2.24, 2.45) is 0 Å². The Morgan fingerprint density at radius 2 is 1.27 bits per heavy atom. The van der Waals surface area contributed by atoms with Crippen molar-refractivity contribution in [1.82, 2.24) is 0 Å². The minimum absolute atomic E-state index is 0.734. The van der Waals surface area contributed by atoms with E-state index >= 15 is 0 Å². The van der Waals surface area contributed by atoms with Crippen LogP contribution in [0.4, 0.5) is 0 Å². The Balaban J connectivity index is 2.18. The molecular weight excluding hydrogens is 314 g/mol. The molecule has 4 aromatic carbocycles. The molecule has 0 aliphatic rings. The third-order valence-corrected chi connectivity index (χ3v) is 5.01. The van der Waals surface area contributed by atoms with Gasteiger partial charge in [0.05, 0.1) is 5.56 Å². The van der Waals surface area contributed by atoms with Crippen molar-refractivity contribution in [2.75, 3.05) is 0 Å². The second kappa shape index (κ2) is 6.50. The number of fused-ring (bicyclic) bond motifs is 1. The molecule has 0 aliphatic heterocycles. The number of nitrogens with zero attached hydrogens (tertiary/aromatic N) is 1. The van der Waals surface area contributed by atoms with E-state index in [-0.39, 0.29) is 0 Å². The van der Waals surface area contributed by atoms with Gasteiger partial charge in [-0.2, -0.15) is 5.26 Å². The molecule has 4 aromatic rings. The van der Waals surface area contributed by atoms with Crippen molar-refractivity contribution in [3.05, 3.63) is 95.6 Å². The molecule has 0 saturated carbocycles. The Labute approximate surface area is 154 Å². The standard InChI is InChI=1S/C25H19N/c1-17-13-21-15-22(19-9-5-3-6-10-19)24(16-26)25(23(21)14-18(17)2)20-11-7-4-8-12-20/h3-15H,1-2H3. The Kier molecular flexibility index (Phi) is 4.03. The SMILES string of the molecule is Cc1cc2cc(-c3ccccc3)c(C#N)c(-c3ccccc3)c2cc1C. The molecule has 1 nitrogen and oxygen atoms in total. The molecule has 0 aliphatic carbocycles. The summed E-state index contributed by atoms with van der Waals surface area (Å²) < 4.78 is 0. The summed E-state index contributed by atoms with van der Waals surface area (Å²) in [7, 11) is 0. The first-order valence-electron chi connectivity index (χ1n) is 8.78. The third-order valence-electron chi connectivity index (χ3n) is 5.01. The van der Waals surface area contributed by atoms with Gasteiger partial charge in [-0.3, -0.25) is 0 Å². The van der Waals surface area contributed by atoms with Crippen LogP contribution < -0.4 is 0 Å². The summed E-state index contributed by atoms with van der Waals surface area (Å²) in [5.74, 6) is 0. The van der Waals surface area contributed by atoms with E-state index < -0.39 is 0 Å². The highest BCUT2D eigenvalue weighted by molar-refractivity contribution is 6.04. The van der Waals surface area contributed by atoms with Gasteiger partial charge in [0.2, 0.25) is 0 Å². The summed E-state index contributed by atoms with van der Waals surface area (Å²) in [6.07, 6.45) is 0. The first-order valence-corrected chi connectivity index (χ1v) is 8.78. The predicted octanol–water partition coefficient (Wildman–Crippen LogP) is 6.66. The van der Waals surface area contributed by atoms with Gasteiger partial charge in [0.25, 0.3) is 0 Å². The molecule has 0 radical (unpaired) electrons. The number of benzene rings is 4. The van der Waals surface area contributed by atoms with Gasteiger partial charge >= 0.3 is 0 Å². The van der Waals surface area contributed by atoms with Gasteiger partial charge in [0, 0.05) is 11.1 Å². The third kappa shape index (κ3) is 2.66. The minimum Gasteiger partial charge on any atom is -0.192 e. The maximum atomic E-state index is 10.1. The van der Waals surface area contributed by atoms with Crippen LogP contribution in [-0.4, -0.2) is 0 Å². The van der Waals surface area contributed by atoms with Crippen molar-refractivity contribution < 1.29 is 0 Å². The molecule has 0 fully saturated rings. The van der Waals surface area contributed by atoms with Gasteiger partial charge in [0.15, 0.2) is 0 Å². The Bertz CT molecular complexity index is 1130. The molecular formula is C25H19N. The van der Waals surface area contributed by atoms with E-state index in [2.05, 4.69) is 62.4 Å². The molecule has 4 rings (SSSR count). The van der Waals surface area contributed by atoms with E-state index in [1.165, 1.54) is 16.5 Å². The largest absolute Gasteiger partial charge is 0.192 e. The van der Waals surface area contributed by atoms with Crippen LogP contribution in [0.5, 0.6) is 0 Å². The summed E-state index contributed by atoms with van der Waals surface area (Å²) in [6.45, 7) is 4.26. The maximum Gasteiger partial charge on any atom is 0.100 e. The zero-order valence-electron chi connectivity index (χ0n) is 15.0.